The third-order valence-corrected chi connectivity index (χ3v) is 5.50. The number of benzene rings is 1. The summed E-state index contributed by atoms with van der Waals surface area (Å²) in [5.41, 5.74) is 2.05. The number of fused-ring (bicyclic) bond motifs is 1. The van der Waals surface area contributed by atoms with E-state index in [1.54, 1.807) is 0 Å². The van der Waals surface area contributed by atoms with Crippen LogP contribution < -0.4 is 4.74 Å². The molecule has 2 aromatic rings. The van der Waals surface area contributed by atoms with E-state index in [0.717, 1.165) is 34.9 Å². The van der Waals surface area contributed by atoms with E-state index in [1.807, 2.05) is 43.0 Å². The summed E-state index contributed by atoms with van der Waals surface area (Å²) in [6.45, 7) is 9.88. The zero-order valence-electron chi connectivity index (χ0n) is 14.8. The molecule has 0 saturated carbocycles. The van der Waals surface area contributed by atoms with Crippen molar-refractivity contribution in [1.82, 2.24) is 4.90 Å². The van der Waals surface area contributed by atoms with Crippen molar-refractivity contribution < 1.29 is 14.3 Å². The molecule has 2 heterocycles. The summed E-state index contributed by atoms with van der Waals surface area (Å²) in [6, 6.07) is 7.95. The highest BCUT2D eigenvalue weighted by molar-refractivity contribution is 8.03. The van der Waals surface area contributed by atoms with Crippen molar-refractivity contribution >= 4 is 22.7 Å². The van der Waals surface area contributed by atoms with Crippen LogP contribution in [0, 0.1) is 12.3 Å². The molecule has 0 atom stereocenters. The Kier molecular flexibility index (Phi) is 4.83. The van der Waals surface area contributed by atoms with Crippen LogP contribution in [0.2, 0.25) is 0 Å². The van der Waals surface area contributed by atoms with Gasteiger partial charge < -0.3 is 19.2 Å². The molecule has 1 aromatic heterocycles. The number of thioether (sulfide) groups is 1. The van der Waals surface area contributed by atoms with Crippen LogP contribution in [0.5, 0.6) is 5.75 Å². The second-order valence-electron chi connectivity index (χ2n) is 7.15. The molecular formula is C19H25NO3S. The van der Waals surface area contributed by atoms with Gasteiger partial charge in [-0.3, -0.25) is 0 Å². The summed E-state index contributed by atoms with van der Waals surface area (Å²) < 4.78 is 11.6. The fourth-order valence-electron chi connectivity index (χ4n) is 2.80. The number of hydrogen-bond donors (Lipinski definition) is 1. The lowest BCUT2D eigenvalue weighted by Crippen LogP contribution is -2.33. The molecule has 1 aromatic carbocycles. The predicted molar refractivity (Wildman–Crippen MR) is 99.2 cm³/mol. The minimum Gasteiger partial charge on any atom is -0.488 e. The number of nitrogens with zero attached hydrogens (tertiary/aromatic N) is 1. The van der Waals surface area contributed by atoms with E-state index in [2.05, 4.69) is 25.7 Å². The molecule has 1 N–H and O–H groups in total. The third kappa shape index (κ3) is 3.73. The highest BCUT2D eigenvalue weighted by Gasteiger charge is 2.26. The summed E-state index contributed by atoms with van der Waals surface area (Å²) >= 11 is 1.82. The Morgan fingerprint density at radius 2 is 2.08 bits per heavy atom. The fraction of sp³-hybridized carbons (Fsp3) is 0.474. The maximum absolute atomic E-state index is 9.46. The zero-order chi connectivity index (χ0) is 17.3. The van der Waals surface area contributed by atoms with Crippen molar-refractivity contribution in [3.8, 4) is 5.75 Å². The van der Waals surface area contributed by atoms with Crippen molar-refractivity contribution in [2.75, 3.05) is 25.6 Å². The van der Waals surface area contributed by atoms with Crippen molar-refractivity contribution in [2.45, 2.75) is 27.7 Å². The Hall–Kier alpha value is -1.59. The molecule has 4 nitrogen and oxygen atoms in total. The molecule has 0 spiro atoms. The summed E-state index contributed by atoms with van der Waals surface area (Å²) in [5, 5.41) is 10.5. The highest BCUT2D eigenvalue weighted by Crippen LogP contribution is 2.34. The van der Waals surface area contributed by atoms with Gasteiger partial charge in [0.05, 0.1) is 5.88 Å². The normalized spacial score (nSPS) is 15.6. The largest absolute Gasteiger partial charge is 0.488 e. The first-order valence-corrected chi connectivity index (χ1v) is 9.18. The van der Waals surface area contributed by atoms with E-state index in [0.29, 0.717) is 6.61 Å². The molecule has 0 unspecified atom stereocenters. The number of aryl methyl sites for hydroxylation is 1. The maximum atomic E-state index is 9.46. The van der Waals surface area contributed by atoms with E-state index < -0.39 is 0 Å². The van der Waals surface area contributed by atoms with Crippen LogP contribution in [0.3, 0.4) is 0 Å². The molecule has 24 heavy (non-hydrogen) atoms. The van der Waals surface area contributed by atoms with Gasteiger partial charge in [0.2, 0.25) is 0 Å². The van der Waals surface area contributed by atoms with Crippen LogP contribution in [-0.4, -0.2) is 35.6 Å². The van der Waals surface area contributed by atoms with Crippen LogP contribution in [0.15, 0.2) is 39.3 Å². The lowest BCUT2D eigenvalue weighted by molar-refractivity contribution is 0.126. The Labute approximate surface area is 147 Å². The lowest BCUT2D eigenvalue weighted by Gasteiger charge is -2.30. The number of rotatable bonds is 6. The topological polar surface area (TPSA) is 45.8 Å². The van der Waals surface area contributed by atoms with Crippen LogP contribution in [0.1, 0.15) is 26.5 Å². The molecule has 0 saturated heterocycles. The van der Waals surface area contributed by atoms with Crippen LogP contribution in [0.4, 0.5) is 0 Å². The van der Waals surface area contributed by atoms with Gasteiger partial charge in [0, 0.05) is 34.6 Å². The van der Waals surface area contributed by atoms with Gasteiger partial charge in [0.25, 0.3) is 0 Å². The minimum absolute atomic E-state index is 0.0949. The first-order valence-electron chi connectivity index (χ1n) is 8.19. The summed E-state index contributed by atoms with van der Waals surface area (Å²) in [5.74, 6) is 2.70. The van der Waals surface area contributed by atoms with Gasteiger partial charge in [-0.1, -0.05) is 13.8 Å². The van der Waals surface area contributed by atoms with Gasteiger partial charge in [0.1, 0.15) is 23.7 Å². The summed E-state index contributed by atoms with van der Waals surface area (Å²) in [6.07, 6.45) is 0. The second-order valence-corrected chi connectivity index (χ2v) is 8.19. The molecule has 0 bridgehead atoms. The Morgan fingerprint density at radius 1 is 1.29 bits per heavy atom. The number of allylic oxidation sites excluding steroid dienone is 1. The van der Waals surface area contributed by atoms with E-state index in [9.17, 15) is 5.11 Å². The van der Waals surface area contributed by atoms with Crippen LogP contribution >= 0.6 is 11.8 Å². The molecule has 130 valence electrons. The van der Waals surface area contributed by atoms with E-state index >= 15 is 0 Å². The summed E-state index contributed by atoms with van der Waals surface area (Å²) in [7, 11) is 0. The number of ether oxygens (including phenoxy) is 1. The molecule has 0 radical (unpaired) electrons. The minimum atomic E-state index is -0.0949. The SMILES string of the molecule is CC1=C(COc2ccc3oc(C)cc3c2)SCN1CC(C)(C)CO. The molecule has 1 aliphatic rings. The number of aliphatic hydroxyl groups excluding tert-OH is 1. The van der Waals surface area contributed by atoms with Gasteiger partial charge in [-0.05, 0) is 38.1 Å². The molecule has 1 aliphatic heterocycles. The van der Waals surface area contributed by atoms with Gasteiger partial charge in [-0.15, -0.1) is 11.8 Å². The number of furan rings is 1. The second kappa shape index (κ2) is 6.73. The molecular weight excluding hydrogens is 322 g/mol. The van der Waals surface area contributed by atoms with Crippen LogP contribution in [0.25, 0.3) is 11.0 Å². The average Bonchev–Trinajstić information content (AvgIpc) is 3.07. The fourth-order valence-corrected chi connectivity index (χ4v) is 3.88. The molecule has 3 rings (SSSR count). The monoisotopic (exact) mass is 347 g/mol. The number of aliphatic hydroxyl groups is 1. The summed E-state index contributed by atoms with van der Waals surface area (Å²) in [4.78, 5) is 3.58. The van der Waals surface area contributed by atoms with E-state index in [1.165, 1.54) is 10.6 Å². The highest BCUT2D eigenvalue weighted by atomic mass is 32.2. The van der Waals surface area contributed by atoms with Gasteiger partial charge >= 0.3 is 0 Å². The number of hydrogen-bond acceptors (Lipinski definition) is 5. The van der Waals surface area contributed by atoms with Crippen molar-refractivity contribution in [3.05, 3.63) is 40.6 Å². The molecule has 5 heteroatoms. The van der Waals surface area contributed by atoms with Crippen LogP contribution in [-0.2, 0) is 0 Å². The van der Waals surface area contributed by atoms with Gasteiger partial charge in [-0.2, -0.15) is 0 Å². The van der Waals surface area contributed by atoms with E-state index in [4.69, 9.17) is 9.15 Å². The van der Waals surface area contributed by atoms with Crippen molar-refractivity contribution in [3.63, 3.8) is 0 Å². The lowest BCUT2D eigenvalue weighted by atomic mass is 9.94. The standard InChI is InChI=1S/C19H25NO3S/c1-13-7-15-8-16(5-6-17(15)23-13)22-9-18-14(2)20(12-24-18)10-19(3,4)11-21/h5-8,21H,9-12H2,1-4H3. The third-order valence-electron chi connectivity index (χ3n) is 4.30. The quantitative estimate of drug-likeness (QED) is 0.840. The first-order chi connectivity index (χ1) is 11.4. The smallest absolute Gasteiger partial charge is 0.134 e. The van der Waals surface area contributed by atoms with E-state index in [-0.39, 0.29) is 12.0 Å². The van der Waals surface area contributed by atoms with Crippen molar-refractivity contribution in [2.24, 2.45) is 5.41 Å². The Balaban J connectivity index is 1.65. The van der Waals surface area contributed by atoms with Crippen molar-refractivity contribution in [1.29, 1.82) is 0 Å². The maximum Gasteiger partial charge on any atom is 0.134 e. The molecule has 0 amide bonds. The average molecular weight is 347 g/mol. The van der Waals surface area contributed by atoms with Gasteiger partial charge in [-0.25, -0.2) is 0 Å². The Morgan fingerprint density at radius 3 is 2.83 bits per heavy atom. The first kappa shape index (κ1) is 17.2. The predicted octanol–water partition coefficient (Wildman–Crippen LogP) is 4.38. The molecule has 0 aliphatic carbocycles. The molecule has 0 fully saturated rings. The Bertz CT molecular complexity index is 763. The van der Waals surface area contributed by atoms with Gasteiger partial charge in [0.15, 0.2) is 0 Å². The zero-order valence-corrected chi connectivity index (χ0v) is 15.6.